The van der Waals surface area contributed by atoms with E-state index in [1.807, 2.05) is 13.1 Å². The normalized spacial score (nSPS) is 16.9. The van der Waals surface area contributed by atoms with Crippen LogP contribution >= 0.6 is 0 Å². The summed E-state index contributed by atoms with van der Waals surface area (Å²) in [5.41, 5.74) is 2.02. The lowest BCUT2D eigenvalue weighted by Crippen LogP contribution is -2.41. The zero-order valence-electron chi connectivity index (χ0n) is 11.5. The number of aromatic carboxylic acids is 1. The zero-order chi connectivity index (χ0) is 14.3. The van der Waals surface area contributed by atoms with E-state index in [9.17, 15) is 9.59 Å². The van der Waals surface area contributed by atoms with Gasteiger partial charge in [0.15, 0.2) is 0 Å². The van der Waals surface area contributed by atoms with Gasteiger partial charge in [0.2, 0.25) is 0 Å². The van der Waals surface area contributed by atoms with E-state index in [1.165, 1.54) is 12.8 Å². The molecule has 0 radical (unpaired) electrons. The van der Waals surface area contributed by atoms with Crippen molar-refractivity contribution in [3.05, 3.63) is 29.3 Å². The number of carboxylic acid groups (broad SMARTS) is 1. The van der Waals surface area contributed by atoms with E-state index in [2.05, 4.69) is 0 Å². The molecule has 1 heterocycles. The lowest BCUT2D eigenvalue weighted by atomic mass is 10.1. The van der Waals surface area contributed by atoms with Gasteiger partial charge in [-0.1, -0.05) is 6.07 Å². The number of hydrogen-bond donors (Lipinski definition) is 1. The van der Waals surface area contributed by atoms with Crippen molar-refractivity contribution >= 4 is 17.7 Å². The Balaban J connectivity index is 1.81. The van der Waals surface area contributed by atoms with Crippen LogP contribution in [0.25, 0.3) is 0 Å². The molecule has 0 atom stereocenters. The number of amides is 2. The molecule has 2 amide bonds. The number of urea groups is 1. The maximum Gasteiger partial charge on any atom is 0.335 e. The van der Waals surface area contributed by atoms with E-state index in [-0.39, 0.29) is 11.6 Å². The SMILES string of the molecule is CN(CC1CC1)C(=O)N1CCc2ccc(C(=O)O)cc21. The fraction of sp³-hybridized carbons (Fsp3) is 0.467. The highest BCUT2D eigenvalue weighted by atomic mass is 16.4. The predicted octanol–water partition coefficient (Wildman–Crippen LogP) is 2.21. The number of carbonyl (C=O) groups excluding carboxylic acids is 1. The number of fused-ring (bicyclic) bond motifs is 1. The van der Waals surface area contributed by atoms with Gasteiger partial charge in [-0.25, -0.2) is 9.59 Å². The molecule has 0 aromatic heterocycles. The van der Waals surface area contributed by atoms with E-state index < -0.39 is 5.97 Å². The molecule has 1 aromatic carbocycles. The van der Waals surface area contributed by atoms with Crippen LogP contribution < -0.4 is 4.90 Å². The minimum absolute atomic E-state index is 0.0295. The minimum atomic E-state index is -0.960. The van der Waals surface area contributed by atoms with Gasteiger partial charge in [0.05, 0.1) is 5.56 Å². The maximum atomic E-state index is 12.5. The molecule has 5 heteroatoms. The molecule has 2 aliphatic rings. The summed E-state index contributed by atoms with van der Waals surface area (Å²) < 4.78 is 0. The Morgan fingerprint density at radius 2 is 2.15 bits per heavy atom. The Labute approximate surface area is 117 Å². The van der Waals surface area contributed by atoms with Crippen LogP contribution in [-0.4, -0.2) is 42.1 Å². The van der Waals surface area contributed by atoms with E-state index in [0.717, 1.165) is 24.2 Å². The van der Waals surface area contributed by atoms with Gasteiger partial charge in [0, 0.05) is 25.8 Å². The number of carboxylic acids is 1. The van der Waals surface area contributed by atoms with Crippen molar-refractivity contribution in [1.82, 2.24) is 4.90 Å². The van der Waals surface area contributed by atoms with Crippen molar-refractivity contribution < 1.29 is 14.7 Å². The molecule has 1 aliphatic heterocycles. The molecule has 1 fully saturated rings. The van der Waals surface area contributed by atoms with Crippen LogP contribution in [0.4, 0.5) is 10.5 Å². The van der Waals surface area contributed by atoms with Gasteiger partial charge in [-0.05, 0) is 42.9 Å². The smallest absolute Gasteiger partial charge is 0.335 e. The number of rotatable bonds is 3. The first-order valence-corrected chi connectivity index (χ1v) is 6.95. The Hall–Kier alpha value is -2.04. The molecule has 0 unspecified atom stereocenters. The number of carbonyl (C=O) groups is 2. The van der Waals surface area contributed by atoms with Crippen molar-refractivity contribution in [3.63, 3.8) is 0 Å². The van der Waals surface area contributed by atoms with Crippen LogP contribution in [0.3, 0.4) is 0 Å². The molecule has 3 rings (SSSR count). The molecule has 106 valence electrons. The predicted molar refractivity (Wildman–Crippen MR) is 75.2 cm³/mol. The Morgan fingerprint density at radius 1 is 1.40 bits per heavy atom. The third-order valence-corrected chi connectivity index (χ3v) is 4.01. The molecular formula is C15H18N2O3. The zero-order valence-corrected chi connectivity index (χ0v) is 11.5. The largest absolute Gasteiger partial charge is 0.478 e. The molecule has 1 aromatic rings. The number of hydrogen-bond acceptors (Lipinski definition) is 2. The number of nitrogens with zero attached hydrogens (tertiary/aromatic N) is 2. The number of benzene rings is 1. The van der Waals surface area contributed by atoms with Gasteiger partial charge in [0.25, 0.3) is 0 Å². The van der Waals surface area contributed by atoms with E-state index in [0.29, 0.717) is 12.5 Å². The van der Waals surface area contributed by atoms with Gasteiger partial charge >= 0.3 is 12.0 Å². The standard InChI is InChI=1S/C15H18N2O3/c1-16(9-10-2-3-10)15(20)17-7-6-11-4-5-12(14(18)19)8-13(11)17/h4-5,8,10H,2-3,6-7,9H2,1H3,(H,18,19). The van der Waals surface area contributed by atoms with Crippen molar-refractivity contribution in [2.75, 3.05) is 25.0 Å². The summed E-state index contributed by atoms with van der Waals surface area (Å²) in [6.45, 7) is 1.43. The molecule has 20 heavy (non-hydrogen) atoms. The van der Waals surface area contributed by atoms with Crippen LogP contribution in [0.2, 0.25) is 0 Å². The van der Waals surface area contributed by atoms with Crippen LogP contribution in [0.1, 0.15) is 28.8 Å². The van der Waals surface area contributed by atoms with E-state index in [4.69, 9.17) is 5.11 Å². The van der Waals surface area contributed by atoms with E-state index >= 15 is 0 Å². The summed E-state index contributed by atoms with van der Waals surface area (Å²) in [4.78, 5) is 27.0. The van der Waals surface area contributed by atoms with E-state index in [1.54, 1.807) is 21.9 Å². The first-order valence-electron chi connectivity index (χ1n) is 6.95. The lowest BCUT2D eigenvalue weighted by Gasteiger charge is -2.25. The second kappa shape index (κ2) is 4.81. The second-order valence-corrected chi connectivity index (χ2v) is 5.66. The van der Waals surface area contributed by atoms with Gasteiger partial charge < -0.3 is 10.0 Å². The van der Waals surface area contributed by atoms with Crippen LogP contribution in [0.15, 0.2) is 18.2 Å². The molecule has 0 saturated heterocycles. The lowest BCUT2D eigenvalue weighted by molar-refractivity contribution is 0.0697. The summed E-state index contributed by atoms with van der Waals surface area (Å²) >= 11 is 0. The number of anilines is 1. The van der Waals surface area contributed by atoms with Crippen molar-refractivity contribution in [3.8, 4) is 0 Å². The minimum Gasteiger partial charge on any atom is -0.478 e. The van der Waals surface area contributed by atoms with Gasteiger partial charge in [-0.3, -0.25) is 4.90 Å². The van der Waals surface area contributed by atoms with Crippen LogP contribution in [-0.2, 0) is 6.42 Å². The third-order valence-electron chi connectivity index (χ3n) is 4.01. The Morgan fingerprint density at radius 3 is 2.80 bits per heavy atom. The van der Waals surface area contributed by atoms with Crippen LogP contribution in [0, 0.1) is 5.92 Å². The monoisotopic (exact) mass is 274 g/mol. The highest BCUT2D eigenvalue weighted by Gasteiger charge is 2.30. The molecular weight excluding hydrogens is 256 g/mol. The van der Waals surface area contributed by atoms with Crippen molar-refractivity contribution in [1.29, 1.82) is 0 Å². The molecule has 0 spiro atoms. The van der Waals surface area contributed by atoms with Crippen LogP contribution in [0.5, 0.6) is 0 Å². The highest BCUT2D eigenvalue weighted by molar-refractivity contribution is 5.96. The Bertz CT molecular complexity index is 566. The summed E-state index contributed by atoms with van der Waals surface area (Å²) in [7, 11) is 1.82. The first-order chi connectivity index (χ1) is 9.56. The third kappa shape index (κ3) is 2.35. The maximum absolute atomic E-state index is 12.5. The molecule has 1 N–H and O–H groups in total. The summed E-state index contributed by atoms with van der Waals surface area (Å²) in [5.74, 6) is -0.310. The average molecular weight is 274 g/mol. The summed E-state index contributed by atoms with van der Waals surface area (Å²) in [6.07, 6.45) is 3.20. The highest BCUT2D eigenvalue weighted by Crippen LogP contribution is 2.32. The van der Waals surface area contributed by atoms with Crippen molar-refractivity contribution in [2.45, 2.75) is 19.3 Å². The van der Waals surface area contributed by atoms with Gasteiger partial charge in [-0.15, -0.1) is 0 Å². The first kappa shape index (κ1) is 13.0. The molecule has 1 saturated carbocycles. The fourth-order valence-corrected chi connectivity index (χ4v) is 2.68. The van der Waals surface area contributed by atoms with Gasteiger partial charge in [0.1, 0.15) is 0 Å². The summed E-state index contributed by atoms with van der Waals surface area (Å²) in [6, 6.07) is 4.99. The average Bonchev–Trinajstić information content (AvgIpc) is 3.14. The Kier molecular flexibility index (Phi) is 3.12. The second-order valence-electron chi connectivity index (χ2n) is 5.66. The van der Waals surface area contributed by atoms with Crippen molar-refractivity contribution in [2.24, 2.45) is 5.92 Å². The molecule has 1 aliphatic carbocycles. The summed E-state index contributed by atoms with van der Waals surface area (Å²) in [5, 5.41) is 9.06. The fourth-order valence-electron chi connectivity index (χ4n) is 2.68. The molecule has 5 nitrogen and oxygen atoms in total. The molecule has 0 bridgehead atoms. The van der Waals surface area contributed by atoms with Gasteiger partial charge in [-0.2, -0.15) is 0 Å². The topological polar surface area (TPSA) is 60.9 Å². The quantitative estimate of drug-likeness (QED) is 0.919.